The molecule has 0 saturated heterocycles. The number of nitrogens with zero attached hydrogens (tertiary/aromatic N) is 3. The van der Waals surface area contributed by atoms with Crippen LogP contribution in [0.1, 0.15) is 56.1 Å². The molecule has 2 heterocycles. The monoisotopic (exact) mass is 497 g/mol. The normalized spacial score (nSPS) is 11.5. The number of aromatic nitrogens is 3. The van der Waals surface area contributed by atoms with Crippen LogP contribution in [0.3, 0.4) is 0 Å². The van der Waals surface area contributed by atoms with E-state index >= 15 is 0 Å². The molecule has 2 amide bonds. The smallest absolute Gasteiger partial charge is 0.435 e. The number of hydrogen-bond acceptors (Lipinski definition) is 8. The number of pyridine rings is 1. The average molecular weight is 498 g/mol. The number of rotatable bonds is 10. The van der Waals surface area contributed by atoms with Crippen molar-refractivity contribution in [2.45, 2.75) is 51.8 Å². The summed E-state index contributed by atoms with van der Waals surface area (Å²) >= 11 is 0. The lowest BCUT2D eigenvalue weighted by Gasteiger charge is -2.19. The van der Waals surface area contributed by atoms with Crippen LogP contribution in [-0.2, 0) is 10.9 Å². The molecule has 13 heteroatoms. The van der Waals surface area contributed by atoms with E-state index in [0.717, 1.165) is 31.4 Å². The molecule has 2 aromatic heterocycles. The predicted octanol–water partition coefficient (Wildman–Crippen LogP) is 4.29. The van der Waals surface area contributed by atoms with Crippen LogP contribution >= 0.6 is 0 Å². The Bertz CT molecular complexity index is 993. The molecule has 0 aliphatic carbocycles. The van der Waals surface area contributed by atoms with Gasteiger partial charge in [0.05, 0.1) is 5.56 Å². The van der Waals surface area contributed by atoms with Gasteiger partial charge in [0.15, 0.2) is 11.5 Å². The molecule has 0 fully saturated rings. The van der Waals surface area contributed by atoms with Crippen molar-refractivity contribution in [2.24, 2.45) is 0 Å². The molecule has 0 bridgehead atoms. The minimum atomic E-state index is -4.62. The van der Waals surface area contributed by atoms with E-state index in [0.29, 0.717) is 24.7 Å². The van der Waals surface area contributed by atoms with Crippen LogP contribution in [0, 0.1) is 0 Å². The second kappa shape index (κ2) is 12.2. The molecular formula is C22H30F3N7O3. The van der Waals surface area contributed by atoms with Crippen LogP contribution in [0.25, 0.3) is 0 Å². The van der Waals surface area contributed by atoms with E-state index < -0.39 is 29.5 Å². The summed E-state index contributed by atoms with van der Waals surface area (Å²) in [5, 5.41) is 17.6. The van der Waals surface area contributed by atoms with Gasteiger partial charge in [-0.25, -0.2) is 9.78 Å². The summed E-state index contributed by atoms with van der Waals surface area (Å²) in [6.07, 6.45) is -2.79. The molecule has 0 aromatic carbocycles. The van der Waals surface area contributed by atoms with Gasteiger partial charge in [0.2, 0.25) is 0 Å². The molecule has 0 aliphatic rings. The van der Waals surface area contributed by atoms with Gasteiger partial charge in [-0.15, -0.1) is 10.2 Å². The lowest BCUT2D eigenvalue weighted by Crippen LogP contribution is -2.33. The highest BCUT2D eigenvalue weighted by Crippen LogP contribution is 2.27. The Morgan fingerprint density at radius 1 is 0.943 bits per heavy atom. The molecule has 192 valence electrons. The van der Waals surface area contributed by atoms with Crippen molar-refractivity contribution in [1.29, 1.82) is 0 Å². The highest BCUT2D eigenvalue weighted by Gasteiger charge is 2.33. The highest BCUT2D eigenvalue weighted by atomic mass is 19.4. The Kier molecular flexibility index (Phi) is 9.60. The number of unbranched alkanes of at least 4 members (excludes halogenated alkanes) is 2. The van der Waals surface area contributed by atoms with Gasteiger partial charge in [0, 0.05) is 20.1 Å². The third-order valence-corrected chi connectivity index (χ3v) is 4.41. The van der Waals surface area contributed by atoms with Gasteiger partial charge in [-0.05, 0) is 64.3 Å². The molecule has 4 N–H and O–H groups in total. The van der Waals surface area contributed by atoms with Crippen LogP contribution in [0.5, 0.6) is 0 Å². The zero-order valence-electron chi connectivity index (χ0n) is 20.0. The van der Waals surface area contributed by atoms with Crippen LogP contribution in [0.15, 0.2) is 24.3 Å². The van der Waals surface area contributed by atoms with Gasteiger partial charge in [0.1, 0.15) is 17.2 Å². The molecule has 10 nitrogen and oxygen atoms in total. The Morgan fingerprint density at radius 3 is 2.23 bits per heavy atom. The number of halogens is 3. The van der Waals surface area contributed by atoms with E-state index in [1.54, 1.807) is 40.0 Å². The zero-order valence-corrected chi connectivity index (χ0v) is 20.0. The summed E-state index contributed by atoms with van der Waals surface area (Å²) in [6.45, 7) is 6.36. The number of alkyl carbamates (subject to hydrolysis) is 1. The maximum absolute atomic E-state index is 12.7. The Labute approximate surface area is 201 Å². The number of carbonyl (C=O) groups excluding carboxylic acids is 2. The van der Waals surface area contributed by atoms with E-state index in [1.165, 1.54) is 0 Å². The topological polar surface area (TPSA) is 130 Å². The summed E-state index contributed by atoms with van der Waals surface area (Å²) < 4.78 is 43.1. The number of amides is 2. The van der Waals surface area contributed by atoms with E-state index in [9.17, 15) is 22.8 Å². The lowest BCUT2D eigenvalue weighted by atomic mass is 10.2. The number of anilines is 3. The fraction of sp³-hybridized carbons (Fsp3) is 0.500. The van der Waals surface area contributed by atoms with Gasteiger partial charge in [-0.2, -0.15) is 13.2 Å². The Balaban J connectivity index is 1.88. The first-order valence-electron chi connectivity index (χ1n) is 11.0. The first-order chi connectivity index (χ1) is 16.4. The van der Waals surface area contributed by atoms with Crippen LogP contribution in [0.2, 0.25) is 0 Å². The summed E-state index contributed by atoms with van der Waals surface area (Å²) in [5.74, 6) is 0.114. The molecule has 35 heavy (non-hydrogen) atoms. The van der Waals surface area contributed by atoms with E-state index in [4.69, 9.17) is 4.74 Å². The second-order valence-electron chi connectivity index (χ2n) is 8.51. The summed E-state index contributed by atoms with van der Waals surface area (Å²) in [5.41, 5.74) is -1.51. The molecule has 0 aliphatic heterocycles. The highest BCUT2D eigenvalue weighted by molar-refractivity contribution is 6.07. The molecule has 0 saturated carbocycles. The molecular weight excluding hydrogens is 467 g/mol. The number of ether oxygens (including phenoxy) is 1. The SMILES string of the molecule is CNc1ccc(C(=O)Nc2ccc(C(F)(F)F)nn2)c(NCCCCCNC(=O)OC(C)(C)C)n1. The van der Waals surface area contributed by atoms with E-state index in [-0.39, 0.29) is 11.4 Å². The number of hydrogen-bond donors (Lipinski definition) is 4. The largest absolute Gasteiger partial charge is 0.444 e. The van der Waals surface area contributed by atoms with Crippen molar-refractivity contribution in [3.8, 4) is 0 Å². The maximum atomic E-state index is 12.7. The van der Waals surface area contributed by atoms with Crippen molar-refractivity contribution in [3.05, 3.63) is 35.5 Å². The van der Waals surface area contributed by atoms with Crippen molar-refractivity contribution < 1.29 is 27.5 Å². The molecule has 0 radical (unpaired) electrons. The van der Waals surface area contributed by atoms with Crippen molar-refractivity contribution >= 4 is 29.5 Å². The van der Waals surface area contributed by atoms with Crippen LogP contribution in [0.4, 0.5) is 35.4 Å². The minimum Gasteiger partial charge on any atom is -0.444 e. The third kappa shape index (κ3) is 9.63. The fourth-order valence-electron chi connectivity index (χ4n) is 2.79. The summed E-state index contributed by atoms with van der Waals surface area (Å²) in [7, 11) is 1.68. The van der Waals surface area contributed by atoms with Crippen molar-refractivity contribution in [2.75, 3.05) is 36.1 Å². The van der Waals surface area contributed by atoms with Gasteiger partial charge < -0.3 is 26.0 Å². The number of carbonyl (C=O) groups is 2. The van der Waals surface area contributed by atoms with Gasteiger partial charge >= 0.3 is 12.3 Å². The summed E-state index contributed by atoms with van der Waals surface area (Å²) in [4.78, 5) is 28.7. The predicted molar refractivity (Wildman–Crippen MR) is 125 cm³/mol. The van der Waals surface area contributed by atoms with E-state index in [1.807, 2.05) is 0 Å². The average Bonchev–Trinajstić information content (AvgIpc) is 2.76. The quantitative estimate of drug-likeness (QED) is 0.358. The fourth-order valence-corrected chi connectivity index (χ4v) is 2.79. The van der Waals surface area contributed by atoms with E-state index in [2.05, 4.69) is 36.4 Å². The van der Waals surface area contributed by atoms with Crippen molar-refractivity contribution in [1.82, 2.24) is 20.5 Å². The minimum absolute atomic E-state index is 0.121. The zero-order chi connectivity index (χ0) is 26.1. The van der Waals surface area contributed by atoms with Crippen LogP contribution in [-0.4, -0.2) is 52.9 Å². The van der Waals surface area contributed by atoms with Crippen LogP contribution < -0.4 is 21.3 Å². The number of nitrogens with one attached hydrogen (secondary N) is 4. The Morgan fingerprint density at radius 2 is 1.63 bits per heavy atom. The molecule has 0 atom stereocenters. The number of alkyl halides is 3. The molecule has 2 rings (SSSR count). The third-order valence-electron chi connectivity index (χ3n) is 4.41. The van der Waals surface area contributed by atoms with Gasteiger partial charge in [0.25, 0.3) is 5.91 Å². The Hall–Kier alpha value is -3.64. The molecule has 0 spiro atoms. The summed E-state index contributed by atoms with van der Waals surface area (Å²) in [6, 6.07) is 4.91. The first kappa shape index (κ1) is 27.6. The standard InChI is InChI=1S/C22H30F3N7O3/c1-21(2,3)35-20(34)28-13-7-5-6-12-27-18-14(8-10-16(26-4)29-18)19(33)30-17-11-9-15(31-32-17)22(23,24)25/h8-11H,5-7,12-13H2,1-4H3,(H,28,34)(H2,26,27,29)(H,30,32,33). The second-order valence-corrected chi connectivity index (χ2v) is 8.51. The molecule has 0 unspecified atom stereocenters. The van der Waals surface area contributed by atoms with Gasteiger partial charge in [-0.3, -0.25) is 4.79 Å². The maximum Gasteiger partial charge on any atom is 0.435 e. The van der Waals surface area contributed by atoms with Gasteiger partial charge in [-0.1, -0.05) is 0 Å². The lowest BCUT2D eigenvalue weighted by molar-refractivity contribution is -0.141. The first-order valence-corrected chi connectivity index (χ1v) is 11.0. The molecule has 2 aromatic rings. The van der Waals surface area contributed by atoms with Crippen molar-refractivity contribution in [3.63, 3.8) is 0 Å².